The zero-order valence-corrected chi connectivity index (χ0v) is 23.6. The average Bonchev–Trinajstić information content (AvgIpc) is 3.11. The van der Waals surface area contributed by atoms with Crippen LogP contribution >= 0.6 is 0 Å². The maximum atomic E-state index is 12.8. The first-order valence-corrected chi connectivity index (χ1v) is 15.0. The number of carboxylic acids is 1. The summed E-state index contributed by atoms with van der Waals surface area (Å²) in [4.78, 5) is 36.0. The number of carboxylic acid groups (broad SMARTS) is 1. The van der Waals surface area contributed by atoms with Gasteiger partial charge in [-0.05, 0) is 86.8 Å². The molecule has 4 heterocycles. The van der Waals surface area contributed by atoms with Gasteiger partial charge in [0.05, 0.1) is 12.5 Å². The van der Waals surface area contributed by atoms with E-state index in [0.717, 1.165) is 56.9 Å². The molecule has 4 aliphatic heterocycles. The minimum absolute atomic E-state index is 0.0895. The number of nitrogens with one attached hydrogen (secondary N) is 1. The van der Waals surface area contributed by atoms with Gasteiger partial charge in [-0.15, -0.1) is 0 Å². The molecule has 40 heavy (non-hydrogen) atoms. The van der Waals surface area contributed by atoms with Gasteiger partial charge in [-0.2, -0.15) is 0 Å². The lowest BCUT2D eigenvalue weighted by atomic mass is 9.50. The molecule has 7 aliphatic rings. The second kappa shape index (κ2) is 9.49. The van der Waals surface area contributed by atoms with Crippen molar-refractivity contribution in [3.8, 4) is 0 Å². The van der Waals surface area contributed by atoms with Crippen molar-refractivity contribution >= 4 is 11.9 Å². The lowest BCUT2D eigenvalue weighted by Crippen LogP contribution is -2.70. The van der Waals surface area contributed by atoms with Crippen LogP contribution in [0.4, 0.5) is 0 Å². The van der Waals surface area contributed by atoms with E-state index in [9.17, 15) is 9.59 Å². The monoisotopic (exact) mass is 555 g/mol. The molecule has 9 heteroatoms. The third-order valence-electron chi connectivity index (χ3n) is 11.1. The van der Waals surface area contributed by atoms with Crippen molar-refractivity contribution in [1.29, 1.82) is 0 Å². The number of fused-ring (bicyclic) bond motifs is 2. The average molecular weight is 556 g/mol. The maximum absolute atomic E-state index is 12.8. The Morgan fingerprint density at radius 2 is 1.77 bits per heavy atom. The van der Waals surface area contributed by atoms with Gasteiger partial charge in [0.1, 0.15) is 0 Å². The molecule has 2 bridgehead atoms. The van der Waals surface area contributed by atoms with Gasteiger partial charge in [-0.1, -0.05) is 26.0 Å². The number of aliphatic carboxylic acids is 1. The minimum atomic E-state index is -0.808. The Hall–Kier alpha value is -2.04. The molecule has 3 saturated carbocycles. The number of amides is 1. The number of benzene rings is 1. The Morgan fingerprint density at radius 3 is 2.50 bits per heavy atom. The molecule has 7 fully saturated rings. The van der Waals surface area contributed by atoms with Crippen LogP contribution in [0.2, 0.25) is 0 Å². The Balaban J connectivity index is 0.952. The van der Waals surface area contributed by atoms with Crippen molar-refractivity contribution in [1.82, 2.24) is 5.32 Å². The van der Waals surface area contributed by atoms with Crippen LogP contribution in [-0.2, 0) is 35.4 Å². The molecular weight excluding hydrogens is 514 g/mol. The zero-order chi connectivity index (χ0) is 27.9. The second-order valence-electron chi connectivity index (χ2n) is 13.8. The number of carbonyl (C=O) groups excluding carboxylic acids is 1. The summed E-state index contributed by atoms with van der Waals surface area (Å²) in [5.41, 5.74) is 1.12. The van der Waals surface area contributed by atoms with Crippen LogP contribution in [0.15, 0.2) is 24.3 Å². The minimum Gasteiger partial charge on any atom is -0.481 e. The normalized spacial score (nSPS) is 47.0. The molecule has 1 aromatic carbocycles. The summed E-state index contributed by atoms with van der Waals surface area (Å²) in [6.07, 6.45) is 6.21. The molecule has 2 N–H and O–H groups in total. The Labute approximate surface area is 235 Å². The summed E-state index contributed by atoms with van der Waals surface area (Å²) in [6, 6.07) is 7.64. The van der Waals surface area contributed by atoms with Gasteiger partial charge < -0.3 is 24.6 Å². The molecule has 8 atom stereocenters. The molecule has 9 nitrogen and oxygen atoms in total. The standard InChI is InChI=1S/C31H41NO8/c1-17-4-9-24-18(2)27(37-28-31(24)23(17)10-11-29(3,38-28)39-40-31)36-16-19-5-7-20(8-6-19)25(33)32-22-14-30(15-22)12-21(13-30)26(34)35/h5-8,17-18,21-24,27-28H,4,9-16H2,1-3H3,(H,32,33)(H,34,35)/t17-,18-,21?,22?,23+,24+,27+,28-,29-,30?,31-/m1/s1. The summed E-state index contributed by atoms with van der Waals surface area (Å²) in [5, 5.41) is 12.2. The quantitative estimate of drug-likeness (QED) is 0.482. The van der Waals surface area contributed by atoms with Gasteiger partial charge in [0.15, 0.2) is 18.2 Å². The molecule has 1 amide bonds. The third kappa shape index (κ3) is 4.23. The predicted molar refractivity (Wildman–Crippen MR) is 141 cm³/mol. The highest BCUT2D eigenvalue weighted by molar-refractivity contribution is 5.94. The molecule has 218 valence electrons. The van der Waals surface area contributed by atoms with Gasteiger partial charge in [0.2, 0.25) is 5.79 Å². The smallest absolute Gasteiger partial charge is 0.306 e. The number of carbonyl (C=O) groups is 2. The van der Waals surface area contributed by atoms with Crippen molar-refractivity contribution in [2.45, 2.75) is 109 Å². The summed E-state index contributed by atoms with van der Waals surface area (Å²) in [6.45, 7) is 6.78. The lowest BCUT2D eigenvalue weighted by Gasteiger charge is -2.60. The molecule has 0 aromatic heterocycles. The highest BCUT2D eigenvalue weighted by atomic mass is 17.3. The molecular formula is C31H41NO8. The van der Waals surface area contributed by atoms with E-state index in [0.29, 0.717) is 24.0 Å². The Bertz CT molecular complexity index is 1160. The molecule has 4 saturated heterocycles. The van der Waals surface area contributed by atoms with Gasteiger partial charge in [0, 0.05) is 29.9 Å². The fourth-order valence-corrected chi connectivity index (χ4v) is 8.84. The van der Waals surface area contributed by atoms with Crippen LogP contribution in [0.25, 0.3) is 0 Å². The Morgan fingerprint density at radius 1 is 1.02 bits per heavy atom. The SMILES string of the molecule is C[C@H]1[C@@H](OCc2ccc(C(=O)NC3CC4(C3)CC(C(=O)O)C4)cc2)O[C@@H]2O[C@@]3(C)CC[C@H]4[C@H](C)CC[C@@H]1[C@@]24OO3. The van der Waals surface area contributed by atoms with Crippen LogP contribution in [0, 0.1) is 35.0 Å². The van der Waals surface area contributed by atoms with Gasteiger partial charge >= 0.3 is 5.97 Å². The van der Waals surface area contributed by atoms with Gasteiger partial charge in [-0.3, -0.25) is 9.59 Å². The molecule has 2 spiro atoms. The van der Waals surface area contributed by atoms with Crippen molar-refractivity contribution in [3.63, 3.8) is 0 Å². The second-order valence-corrected chi connectivity index (χ2v) is 13.8. The van der Waals surface area contributed by atoms with Gasteiger partial charge in [-0.25, -0.2) is 9.78 Å². The summed E-state index contributed by atoms with van der Waals surface area (Å²) in [7, 11) is 0. The number of ether oxygens (including phenoxy) is 3. The highest BCUT2D eigenvalue weighted by Gasteiger charge is 2.69. The fraction of sp³-hybridized carbons (Fsp3) is 0.742. The number of rotatable bonds is 6. The van der Waals surface area contributed by atoms with Crippen LogP contribution in [0.3, 0.4) is 0 Å². The van der Waals surface area contributed by atoms with Gasteiger partial charge in [0.25, 0.3) is 5.91 Å². The molecule has 8 rings (SSSR count). The fourth-order valence-electron chi connectivity index (χ4n) is 8.84. The third-order valence-corrected chi connectivity index (χ3v) is 11.1. The summed E-state index contributed by atoms with van der Waals surface area (Å²) < 4.78 is 19.3. The predicted octanol–water partition coefficient (Wildman–Crippen LogP) is 4.78. The van der Waals surface area contributed by atoms with E-state index in [1.807, 2.05) is 31.2 Å². The Kier molecular flexibility index (Phi) is 6.37. The van der Waals surface area contributed by atoms with Crippen LogP contribution < -0.4 is 5.32 Å². The molecule has 3 aliphatic carbocycles. The van der Waals surface area contributed by atoms with Crippen LogP contribution in [0.5, 0.6) is 0 Å². The first-order valence-electron chi connectivity index (χ1n) is 15.0. The van der Waals surface area contributed by atoms with E-state index >= 15 is 0 Å². The first-order chi connectivity index (χ1) is 19.1. The topological polar surface area (TPSA) is 113 Å². The molecule has 0 radical (unpaired) electrons. The van der Waals surface area contributed by atoms with E-state index in [1.165, 1.54) is 0 Å². The lowest BCUT2D eigenvalue weighted by molar-refractivity contribution is -0.577. The highest BCUT2D eigenvalue weighted by Crippen LogP contribution is 2.61. The van der Waals surface area contributed by atoms with E-state index in [1.54, 1.807) is 0 Å². The van der Waals surface area contributed by atoms with E-state index in [2.05, 4.69) is 19.2 Å². The largest absolute Gasteiger partial charge is 0.481 e. The van der Waals surface area contributed by atoms with E-state index in [4.69, 9.17) is 29.1 Å². The zero-order valence-electron chi connectivity index (χ0n) is 23.6. The van der Waals surface area contributed by atoms with Crippen molar-refractivity contribution in [3.05, 3.63) is 35.4 Å². The number of hydrogen-bond acceptors (Lipinski definition) is 7. The van der Waals surface area contributed by atoms with E-state index in [-0.39, 0.29) is 35.1 Å². The van der Waals surface area contributed by atoms with Crippen LogP contribution in [0.1, 0.15) is 88.1 Å². The molecule has 1 aromatic rings. The van der Waals surface area contributed by atoms with Crippen LogP contribution in [-0.4, -0.2) is 47.0 Å². The summed E-state index contributed by atoms with van der Waals surface area (Å²) >= 11 is 0. The van der Waals surface area contributed by atoms with Crippen molar-refractivity contribution < 1.29 is 38.7 Å². The molecule has 0 unspecified atom stereocenters. The van der Waals surface area contributed by atoms with Crippen molar-refractivity contribution in [2.24, 2.45) is 35.0 Å². The van der Waals surface area contributed by atoms with Crippen molar-refractivity contribution in [2.75, 3.05) is 0 Å². The van der Waals surface area contributed by atoms with E-state index < -0.39 is 29.9 Å². The number of hydrogen-bond donors (Lipinski definition) is 2. The first kappa shape index (κ1) is 26.8. The maximum Gasteiger partial charge on any atom is 0.306 e. The summed E-state index contributed by atoms with van der Waals surface area (Å²) in [5.74, 6) is -0.642.